The van der Waals surface area contributed by atoms with Gasteiger partial charge in [-0.1, -0.05) is 20.8 Å². The lowest BCUT2D eigenvalue weighted by Crippen LogP contribution is -2.49. The molecular weight excluding hydrogens is 381 g/mol. The molecule has 1 aliphatic heterocycles. The van der Waals surface area contributed by atoms with E-state index in [-0.39, 0.29) is 42.2 Å². The number of nitrogens with zero attached hydrogens (tertiary/aromatic N) is 4. The fourth-order valence-electron chi connectivity index (χ4n) is 2.74. The molecule has 0 radical (unpaired) electrons. The number of rotatable bonds is 2. The van der Waals surface area contributed by atoms with E-state index >= 15 is 0 Å². The van der Waals surface area contributed by atoms with Crippen LogP contribution in [0.25, 0.3) is 0 Å². The van der Waals surface area contributed by atoms with Gasteiger partial charge >= 0.3 is 0 Å². The third-order valence-corrected chi connectivity index (χ3v) is 5.29. The van der Waals surface area contributed by atoms with E-state index in [9.17, 15) is 4.79 Å². The summed E-state index contributed by atoms with van der Waals surface area (Å²) in [5.41, 5.74) is 0.507. The predicted octanol–water partition coefficient (Wildman–Crippen LogP) is 2.80. The topological polar surface area (TPSA) is 63.1 Å². The quantitative estimate of drug-likeness (QED) is 0.833. The average Bonchev–Trinajstić information content (AvgIpc) is 3.15. The standard InChI is InChI=1S/C16H23N5OS.2ClH/c1-16(2,3)15-19-11(10-23-15)14(22)21-8-5-17-9-12(21)13-18-6-7-20(13)4;;/h6-7,10,12,17H,5,8-9H2,1-4H3;2*1H. The number of halogens is 2. The summed E-state index contributed by atoms with van der Waals surface area (Å²) >= 11 is 1.56. The SMILES string of the molecule is Cl.Cl.Cn1ccnc1C1CNCCN1C(=O)c1csc(C(C)(C)C)n1. The van der Waals surface area contributed by atoms with Crippen LogP contribution in [0.5, 0.6) is 0 Å². The Labute approximate surface area is 164 Å². The third-order valence-electron chi connectivity index (χ3n) is 4.03. The molecule has 0 bridgehead atoms. The Morgan fingerprint density at radius 2 is 2.08 bits per heavy atom. The number of aryl methyl sites for hydroxylation is 1. The second kappa shape index (κ2) is 8.49. The molecule has 0 saturated carbocycles. The Morgan fingerprint density at radius 3 is 2.64 bits per heavy atom. The van der Waals surface area contributed by atoms with E-state index in [4.69, 9.17) is 0 Å². The fraction of sp³-hybridized carbons (Fsp3) is 0.562. The van der Waals surface area contributed by atoms with Gasteiger partial charge in [0.15, 0.2) is 0 Å². The maximum Gasteiger partial charge on any atom is 0.274 e. The molecule has 1 saturated heterocycles. The molecule has 0 aromatic carbocycles. The van der Waals surface area contributed by atoms with Crippen molar-refractivity contribution in [1.29, 1.82) is 0 Å². The van der Waals surface area contributed by atoms with Crippen LogP contribution in [0.4, 0.5) is 0 Å². The molecule has 0 spiro atoms. The van der Waals surface area contributed by atoms with Crippen molar-refractivity contribution in [2.45, 2.75) is 32.2 Å². The summed E-state index contributed by atoms with van der Waals surface area (Å²) in [4.78, 5) is 23.8. The molecule has 1 unspecified atom stereocenters. The van der Waals surface area contributed by atoms with Crippen molar-refractivity contribution < 1.29 is 4.79 Å². The van der Waals surface area contributed by atoms with Gasteiger partial charge in [0.1, 0.15) is 17.6 Å². The number of carbonyl (C=O) groups is 1. The number of piperazine rings is 1. The maximum absolute atomic E-state index is 13.0. The first-order valence-corrected chi connectivity index (χ1v) is 8.71. The van der Waals surface area contributed by atoms with Gasteiger partial charge in [0, 0.05) is 49.9 Å². The normalized spacial score (nSPS) is 17.6. The van der Waals surface area contributed by atoms with Crippen molar-refractivity contribution in [3.63, 3.8) is 0 Å². The molecular formula is C16H25Cl2N5OS. The monoisotopic (exact) mass is 405 g/mol. The first-order chi connectivity index (χ1) is 10.9. The van der Waals surface area contributed by atoms with Crippen LogP contribution >= 0.6 is 36.2 Å². The van der Waals surface area contributed by atoms with Gasteiger partial charge < -0.3 is 14.8 Å². The van der Waals surface area contributed by atoms with Gasteiger partial charge in [-0.05, 0) is 0 Å². The average molecular weight is 406 g/mol. The molecule has 1 atom stereocenters. The molecule has 1 aliphatic rings. The van der Waals surface area contributed by atoms with Gasteiger partial charge in [0.05, 0.1) is 5.01 Å². The summed E-state index contributed by atoms with van der Waals surface area (Å²) in [5, 5.41) is 6.22. The van der Waals surface area contributed by atoms with Crippen molar-refractivity contribution in [3.8, 4) is 0 Å². The zero-order valence-corrected chi connectivity index (χ0v) is 17.3. The third kappa shape index (κ3) is 4.53. The second-order valence-corrected chi connectivity index (χ2v) is 7.76. The zero-order valence-electron chi connectivity index (χ0n) is 14.9. The van der Waals surface area contributed by atoms with Crippen molar-refractivity contribution in [1.82, 2.24) is 24.8 Å². The number of carbonyl (C=O) groups excluding carboxylic acids is 1. The molecule has 9 heteroatoms. The molecule has 25 heavy (non-hydrogen) atoms. The van der Waals surface area contributed by atoms with Crippen LogP contribution in [-0.2, 0) is 12.5 Å². The lowest BCUT2D eigenvalue weighted by atomic mass is 9.98. The number of aromatic nitrogens is 3. The molecule has 1 fully saturated rings. The summed E-state index contributed by atoms with van der Waals surface area (Å²) in [6.45, 7) is 8.51. The summed E-state index contributed by atoms with van der Waals surface area (Å²) in [6, 6.07) is -0.0592. The molecule has 3 rings (SSSR count). The van der Waals surface area contributed by atoms with Crippen LogP contribution in [0.2, 0.25) is 0 Å². The summed E-state index contributed by atoms with van der Waals surface area (Å²) in [7, 11) is 1.96. The van der Waals surface area contributed by atoms with E-state index in [1.807, 2.05) is 28.1 Å². The van der Waals surface area contributed by atoms with E-state index in [1.165, 1.54) is 0 Å². The number of thiazole rings is 1. The number of amides is 1. The van der Waals surface area contributed by atoms with Crippen molar-refractivity contribution in [3.05, 3.63) is 34.3 Å². The second-order valence-electron chi connectivity index (χ2n) is 6.90. The van der Waals surface area contributed by atoms with Gasteiger partial charge in [-0.25, -0.2) is 9.97 Å². The molecule has 2 aromatic rings. The zero-order chi connectivity index (χ0) is 16.6. The number of nitrogens with one attached hydrogen (secondary N) is 1. The highest BCUT2D eigenvalue weighted by atomic mass is 35.5. The van der Waals surface area contributed by atoms with E-state index in [2.05, 4.69) is 36.1 Å². The summed E-state index contributed by atoms with van der Waals surface area (Å²) in [6.07, 6.45) is 3.68. The Bertz CT molecular complexity index is 709. The van der Waals surface area contributed by atoms with E-state index in [0.29, 0.717) is 18.8 Å². The minimum Gasteiger partial charge on any atom is -0.336 e. The highest BCUT2D eigenvalue weighted by Gasteiger charge is 2.32. The number of hydrogen-bond acceptors (Lipinski definition) is 5. The summed E-state index contributed by atoms with van der Waals surface area (Å²) in [5.74, 6) is 0.892. The van der Waals surface area contributed by atoms with E-state index in [1.54, 1.807) is 17.5 Å². The van der Waals surface area contributed by atoms with Crippen LogP contribution in [0.15, 0.2) is 17.8 Å². The molecule has 140 valence electrons. The Balaban J connectivity index is 0.00000156. The van der Waals surface area contributed by atoms with Gasteiger partial charge in [-0.2, -0.15) is 0 Å². The van der Waals surface area contributed by atoms with Crippen molar-refractivity contribution in [2.24, 2.45) is 7.05 Å². The lowest BCUT2D eigenvalue weighted by molar-refractivity contribution is 0.0615. The molecule has 1 N–H and O–H groups in total. The molecule has 6 nitrogen and oxygen atoms in total. The first-order valence-electron chi connectivity index (χ1n) is 7.83. The van der Waals surface area contributed by atoms with E-state index in [0.717, 1.165) is 17.4 Å². The van der Waals surface area contributed by atoms with Gasteiger partial charge in [-0.15, -0.1) is 36.2 Å². The van der Waals surface area contributed by atoms with Gasteiger partial charge in [0.25, 0.3) is 5.91 Å². The van der Waals surface area contributed by atoms with Crippen LogP contribution < -0.4 is 5.32 Å². The van der Waals surface area contributed by atoms with Crippen LogP contribution in [0.3, 0.4) is 0 Å². The Kier molecular flexibility index (Phi) is 7.43. The van der Waals surface area contributed by atoms with Crippen LogP contribution in [0, 0.1) is 0 Å². The largest absolute Gasteiger partial charge is 0.336 e. The smallest absolute Gasteiger partial charge is 0.274 e. The lowest BCUT2D eigenvalue weighted by Gasteiger charge is -2.35. The molecule has 1 amide bonds. The number of hydrogen-bond donors (Lipinski definition) is 1. The number of imidazole rings is 1. The Hall–Kier alpha value is -1.15. The predicted molar refractivity (Wildman–Crippen MR) is 105 cm³/mol. The minimum absolute atomic E-state index is 0. The summed E-state index contributed by atoms with van der Waals surface area (Å²) < 4.78 is 1.97. The van der Waals surface area contributed by atoms with Crippen molar-refractivity contribution in [2.75, 3.05) is 19.6 Å². The van der Waals surface area contributed by atoms with Crippen LogP contribution in [-0.4, -0.2) is 45.0 Å². The van der Waals surface area contributed by atoms with Gasteiger partial charge in [0.2, 0.25) is 0 Å². The Morgan fingerprint density at radius 1 is 1.36 bits per heavy atom. The first kappa shape index (κ1) is 21.9. The molecule has 0 aliphatic carbocycles. The van der Waals surface area contributed by atoms with Crippen LogP contribution in [0.1, 0.15) is 48.1 Å². The highest BCUT2D eigenvalue weighted by molar-refractivity contribution is 7.10. The highest BCUT2D eigenvalue weighted by Crippen LogP contribution is 2.28. The maximum atomic E-state index is 13.0. The molecule has 3 heterocycles. The van der Waals surface area contributed by atoms with Crippen molar-refractivity contribution >= 4 is 42.1 Å². The minimum atomic E-state index is -0.0592. The van der Waals surface area contributed by atoms with Gasteiger partial charge in [-0.3, -0.25) is 4.79 Å². The van der Waals surface area contributed by atoms with E-state index < -0.39 is 0 Å². The molecule has 2 aromatic heterocycles. The fourth-order valence-corrected chi connectivity index (χ4v) is 3.62.